The Kier molecular flexibility index (Phi) is 11.5. The molecule has 0 aromatic heterocycles. The van der Waals surface area contributed by atoms with Crippen molar-refractivity contribution in [3.8, 4) is 11.5 Å². The first-order valence-electron chi connectivity index (χ1n) is 15.3. The molecule has 0 fully saturated rings. The number of carbonyl (C=O) groups excluding carboxylic acids is 5. The van der Waals surface area contributed by atoms with Crippen LogP contribution in [0.2, 0.25) is 0 Å². The predicted octanol–water partition coefficient (Wildman–Crippen LogP) is 4.30. The highest BCUT2D eigenvalue weighted by Crippen LogP contribution is 2.38. The molecule has 4 aromatic carbocycles. The number of nitrogens with two attached hydrogens (primary N) is 1. The Morgan fingerprint density at radius 2 is 1.20 bits per heavy atom. The molecule has 0 radical (unpaired) electrons. The minimum atomic E-state index is -1.38. The summed E-state index contributed by atoms with van der Waals surface area (Å²) in [4.78, 5) is 74.7. The van der Waals surface area contributed by atoms with Gasteiger partial charge in [0.15, 0.2) is 11.5 Å². The van der Waals surface area contributed by atoms with E-state index in [2.05, 4.69) is 21.3 Å². The van der Waals surface area contributed by atoms with E-state index in [-0.39, 0.29) is 34.2 Å². The lowest BCUT2D eigenvalue weighted by Crippen LogP contribution is -2.46. The van der Waals surface area contributed by atoms with Crippen molar-refractivity contribution >= 4 is 52.6 Å². The van der Waals surface area contributed by atoms with Crippen molar-refractivity contribution in [2.24, 2.45) is 5.73 Å². The summed E-state index contributed by atoms with van der Waals surface area (Å²) in [6.45, 7) is 5.24. The molecule has 14 nitrogen and oxygen atoms in total. The molecule has 50 heavy (non-hydrogen) atoms. The number of carboxylic acids is 1. The normalized spacial score (nSPS) is 11.2. The number of primary amides is 1. The average molecular weight is 682 g/mol. The second-order valence-corrected chi connectivity index (χ2v) is 11.4. The van der Waals surface area contributed by atoms with Gasteiger partial charge in [0.1, 0.15) is 11.6 Å². The number of nitrogens with one attached hydrogen (secondary N) is 4. The lowest BCUT2D eigenvalue weighted by molar-refractivity contribution is -0.123. The monoisotopic (exact) mass is 681 g/mol. The van der Waals surface area contributed by atoms with Gasteiger partial charge in [-0.05, 0) is 93.6 Å². The first-order chi connectivity index (χ1) is 23.7. The zero-order valence-corrected chi connectivity index (χ0v) is 27.3. The number of aromatic carboxylic acids is 1. The van der Waals surface area contributed by atoms with Gasteiger partial charge in [-0.3, -0.25) is 24.0 Å². The van der Waals surface area contributed by atoms with Crippen molar-refractivity contribution in [2.75, 3.05) is 16.0 Å². The number of carboxylic acid groups (broad SMARTS) is 1. The number of hydrogen-bond acceptors (Lipinski definition) is 8. The van der Waals surface area contributed by atoms with Crippen LogP contribution in [0.15, 0.2) is 84.9 Å². The molecule has 4 aromatic rings. The molecule has 0 bridgehead atoms. The van der Waals surface area contributed by atoms with Gasteiger partial charge in [-0.1, -0.05) is 17.7 Å². The fraction of sp³-hybridized carbons (Fsp3) is 0.167. The molecule has 1 atom stereocenters. The summed E-state index contributed by atoms with van der Waals surface area (Å²) in [5.41, 5.74) is 7.42. The number of rotatable bonds is 13. The molecule has 0 saturated heterocycles. The largest absolute Gasteiger partial charge is 0.504 e. The predicted molar refractivity (Wildman–Crippen MR) is 184 cm³/mol. The third-order valence-electron chi connectivity index (χ3n) is 7.12. The number of benzene rings is 4. The maximum absolute atomic E-state index is 13.1. The second kappa shape index (κ2) is 15.9. The van der Waals surface area contributed by atoms with Gasteiger partial charge < -0.3 is 42.0 Å². The Morgan fingerprint density at radius 3 is 1.72 bits per heavy atom. The van der Waals surface area contributed by atoms with E-state index in [0.29, 0.717) is 11.3 Å². The van der Waals surface area contributed by atoms with E-state index in [4.69, 9.17) is 10.5 Å². The molecule has 4 rings (SSSR count). The summed E-state index contributed by atoms with van der Waals surface area (Å²) in [5.74, 6) is -5.43. The minimum absolute atomic E-state index is 0.0373. The first-order valence-corrected chi connectivity index (χ1v) is 15.3. The molecular weight excluding hydrogens is 646 g/mol. The van der Waals surface area contributed by atoms with Crippen LogP contribution >= 0.6 is 0 Å². The number of ether oxygens (including phenoxy) is 1. The summed E-state index contributed by atoms with van der Waals surface area (Å²) in [5, 5.41) is 30.1. The smallest absolute Gasteiger partial charge is 0.339 e. The molecule has 0 unspecified atom stereocenters. The van der Waals surface area contributed by atoms with Gasteiger partial charge in [-0.2, -0.15) is 0 Å². The molecule has 0 aliphatic heterocycles. The summed E-state index contributed by atoms with van der Waals surface area (Å²) < 4.78 is 5.56. The van der Waals surface area contributed by atoms with Crippen LogP contribution in [0.25, 0.3) is 0 Å². The van der Waals surface area contributed by atoms with Crippen LogP contribution in [-0.2, 0) is 9.59 Å². The van der Waals surface area contributed by atoms with E-state index in [1.807, 2.05) is 19.1 Å². The number of aryl methyl sites for hydroxylation is 1. The Bertz CT molecular complexity index is 1920. The first kappa shape index (κ1) is 36.1. The average Bonchev–Trinajstić information content (AvgIpc) is 3.06. The van der Waals surface area contributed by atoms with Crippen molar-refractivity contribution < 1.29 is 43.7 Å². The van der Waals surface area contributed by atoms with Gasteiger partial charge >= 0.3 is 5.97 Å². The topological polar surface area (TPSA) is 226 Å². The third-order valence-corrected chi connectivity index (χ3v) is 7.12. The lowest BCUT2D eigenvalue weighted by atomic mass is 10.1. The number of anilines is 3. The van der Waals surface area contributed by atoms with Crippen molar-refractivity contribution in [3.05, 3.63) is 113 Å². The van der Waals surface area contributed by atoms with E-state index in [1.54, 1.807) is 26.0 Å². The number of hydrogen-bond donors (Lipinski definition) is 7. The van der Waals surface area contributed by atoms with Gasteiger partial charge in [0, 0.05) is 28.1 Å². The zero-order valence-electron chi connectivity index (χ0n) is 27.3. The van der Waals surface area contributed by atoms with Crippen LogP contribution < -0.4 is 31.7 Å². The highest BCUT2D eigenvalue weighted by Gasteiger charge is 2.25. The molecular formula is C36H35N5O9. The van der Waals surface area contributed by atoms with Gasteiger partial charge in [0.25, 0.3) is 17.7 Å². The summed E-state index contributed by atoms with van der Waals surface area (Å²) in [6, 6.07) is 19.6. The van der Waals surface area contributed by atoms with Crippen molar-refractivity contribution in [1.82, 2.24) is 5.32 Å². The van der Waals surface area contributed by atoms with Crippen LogP contribution in [-0.4, -0.2) is 57.9 Å². The SMILES string of the molecule is Cc1ccc(C(=O)Nc2ccc(C(=O)N[C@@H](CC(N)=O)C(=O)Nc3ccc(C(=O)Nc4ccc(C(=O)O)c(O)c4OC(C)C)cc3)cc2)cc1. The van der Waals surface area contributed by atoms with Crippen molar-refractivity contribution in [1.29, 1.82) is 0 Å². The van der Waals surface area contributed by atoms with Gasteiger partial charge in [0.05, 0.1) is 18.2 Å². The molecule has 258 valence electrons. The van der Waals surface area contributed by atoms with Gasteiger partial charge in [-0.15, -0.1) is 0 Å². The van der Waals surface area contributed by atoms with Crippen molar-refractivity contribution in [3.63, 3.8) is 0 Å². The van der Waals surface area contributed by atoms with Crippen molar-refractivity contribution in [2.45, 2.75) is 39.3 Å². The molecule has 14 heteroatoms. The van der Waals surface area contributed by atoms with Crippen LogP contribution in [0.3, 0.4) is 0 Å². The molecule has 0 heterocycles. The molecule has 8 N–H and O–H groups in total. The summed E-state index contributed by atoms with van der Waals surface area (Å²) in [7, 11) is 0. The van der Waals surface area contributed by atoms with Crippen LogP contribution in [0.1, 0.15) is 67.3 Å². The third kappa shape index (κ3) is 9.44. The quantitative estimate of drug-likeness (QED) is 0.107. The van der Waals surface area contributed by atoms with Crippen LogP contribution in [0.4, 0.5) is 17.1 Å². The van der Waals surface area contributed by atoms with Gasteiger partial charge in [0.2, 0.25) is 11.8 Å². The Balaban J connectivity index is 1.39. The molecule has 5 amide bonds. The van der Waals surface area contributed by atoms with Gasteiger partial charge in [-0.25, -0.2) is 4.79 Å². The highest BCUT2D eigenvalue weighted by molar-refractivity contribution is 6.07. The Morgan fingerprint density at radius 1 is 0.700 bits per heavy atom. The number of phenols is 1. The number of aromatic hydroxyl groups is 1. The summed E-state index contributed by atoms with van der Waals surface area (Å²) >= 11 is 0. The number of carbonyl (C=O) groups is 6. The standard InChI is InChI=1S/C36H35N5O9/c1-19(2)50-31-27(17-16-26(30(31)43)36(48)49)40-33(45)22-10-14-25(15-11-22)39-35(47)28(18-29(37)42)41-34(46)23-8-12-24(13-9-23)38-32(44)21-6-4-20(3)5-7-21/h4-17,19,28,43H,18H2,1-3H3,(H2,37,42)(H,38,44)(H,39,47)(H,40,45)(H,41,46)(H,48,49)/t28-/m0/s1. The fourth-order valence-electron chi connectivity index (χ4n) is 4.59. The fourth-order valence-corrected chi connectivity index (χ4v) is 4.59. The number of amides is 5. The van der Waals surface area contributed by atoms with Crippen LogP contribution in [0.5, 0.6) is 11.5 Å². The molecule has 0 saturated carbocycles. The van der Waals surface area contributed by atoms with E-state index in [0.717, 1.165) is 11.6 Å². The second-order valence-electron chi connectivity index (χ2n) is 11.4. The maximum Gasteiger partial charge on any atom is 0.339 e. The maximum atomic E-state index is 13.1. The van der Waals surface area contributed by atoms with E-state index in [9.17, 15) is 39.0 Å². The lowest BCUT2D eigenvalue weighted by Gasteiger charge is -2.18. The summed E-state index contributed by atoms with van der Waals surface area (Å²) in [6.07, 6.45) is -0.951. The molecule has 0 aliphatic carbocycles. The van der Waals surface area contributed by atoms with E-state index in [1.165, 1.54) is 54.6 Å². The van der Waals surface area contributed by atoms with E-state index >= 15 is 0 Å². The Hall–Kier alpha value is -6.70. The highest BCUT2D eigenvalue weighted by atomic mass is 16.5. The minimum Gasteiger partial charge on any atom is -0.504 e. The van der Waals surface area contributed by atoms with Crippen LogP contribution in [0, 0.1) is 6.92 Å². The molecule has 0 aliphatic rings. The zero-order chi connectivity index (χ0) is 36.5. The molecule has 0 spiro atoms. The van der Waals surface area contributed by atoms with E-state index < -0.39 is 59.5 Å². The Labute approximate surface area is 286 Å².